The van der Waals surface area contributed by atoms with Crippen molar-refractivity contribution in [2.24, 2.45) is 0 Å². The van der Waals surface area contributed by atoms with Crippen molar-refractivity contribution in [1.29, 1.82) is 0 Å². The lowest BCUT2D eigenvalue weighted by molar-refractivity contribution is 0.103. The molecule has 106 valence electrons. The number of aryl methyl sites for hydroxylation is 3. The Morgan fingerprint density at radius 2 is 2.14 bits per heavy atom. The van der Waals surface area contributed by atoms with Gasteiger partial charge in [-0.15, -0.1) is 22.7 Å². The molecule has 2 heterocycles. The van der Waals surface area contributed by atoms with Crippen LogP contribution in [-0.2, 0) is 12.8 Å². The van der Waals surface area contributed by atoms with Crippen LogP contribution >= 0.6 is 22.7 Å². The summed E-state index contributed by atoms with van der Waals surface area (Å²) in [6.07, 6.45) is 3.47. The Morgan fingerprint density at radius 3 is 3.00 bits per heavy atom. The largest absolute Gasteiger partial charge is 0.321 e. The number of rotatable bonds is 2. The number of carbonyl (C=O) groups is 1. The molecule has 4 rings (SSSR count). The van der Waals surface area contributed by atoms with Crippen LogP contribution in [0.5, 0.6) is 0 Å². The standard InChI is InChI=1S/C16H14N2OS2/c1-9-17-12-6-5-11(8-14(12)20-9)18-16(19)15-7-10-3-2-4-13(10)21-15/h5-8H,2-4H2,1H3,(H,18,19). The fourth-order valence-electron chi connectivity index (χ4n) is 2.75. The number of benzene rings is 1. The fraction of sp³-hybridized carbons (Fsp3) is 0.250. The summed E-state index contributed by atoms with van der Waals surface area (Å²) in [5.74, 6) is -0.00464. The van der Waals surface area contributed by atoms with Crippen LogP contribution in [0.15, 0.2) is 24.3 Å². The van der Waals surface area contributed by atoms with Crippen molar-refractivity contribution in [2.75, 3.05) is 5.32 Å². The van der Waals surface area contributed by atoms with Gasteiger partial charge in [-0.2, -0.15) is 0 Å². The molecule has 0 radical (unpaired) electrons. The number of nitrogens with zero attached hydrogens (tertiary/aromatic N) is 1. The minimum Gasteiger partial charge on any atom is -0.321 e. The monoisotopic (exact) mass is 314 g/mol. The Hall–Kier alpha value is -1.72. The number of hydrogen-bond donors (Lipinski definition) is 1. The Balaban J connectivity index is 1.59. The number of aromatic nitrogens is 1. The third-order valence-electron chi connectivity index (χ3n) is 3.72. The molecule has 0 bridgehead atoms. The molecular formula is C16H14N2OS2. The Morgan fingerprint density at radius 1 is 1.24 bits per heavy atom. The summed E-state index contributed by atoms with van der Waals surface area (Å²) < 4.78 is 1.11. The second-order valence-corrected chi connectivity index (χ2v) is 7.65. The number of thiazole rings is 1. The second-order valence-electron chi connectivity index (χ2n) is 5.28. The van der Waals surface area contributed by atoms with Gasteiger partial charge in [0.15, 0.2) is 0 Å². The number of nitrogens with one attached hydrogen (secondary N) is 1. The molecule has 3 aromatic rings. The van der Waals surface area contributed by atoms with Gasteiger partial charge in [0, 0.05) is 10.6 Å². The third-order valence-corrected chi connectivity index (χ3v) is 5.89. The van der Waals surface area contributed by atoms with E-state index < -0.39 is 0 Å². The molecule has 1 aromatic carbocycles. The molecule has 5 heteroatoms. The maximum Gasteiger partial charge on any atom is 0.265 e. The molecule has 0 unspecified atom stereocenters. The molecular weight excluding hydrogens is 300 g/mol. The molecule has 0 saturated heterocycles. The van der Waals surface area contributed by atoms with Crippen molar-refractivity contribution in [3.8, 4) is 0 Å². The van der Waals surface area contributed by atoms with Crippen molar-refractivity contribution in [1.82, 2.24) is 4.98 Å². The van der Waals surface area contributed by atoms with Gasteiger partial charge in [-0.05, 0) is 56.0 Å². The molecule has 2 aromatic heterocycles. The van der Waals surface area contributed by atoms with Gasteiger partial charge in [0.2, 0.25) is 0 Å². The lowest BCUT2D eigenvalue weighted by Gasteiger charge is -2.03. The van der Waals surface area contributed by atoms with Crippen LogP contribution in [-0.4, -0.2) is 10.9 Å². The van der Waals surface area contributed by atoms with Crippen LogP contribution in [0.4, 0.5) is 5.69 Å². The maximum atomic E-state index is 12.3. The van der Waals surface area contributed by atoms with Crippen LogP contribution in [0.25, 0.3) is 10.2 Å². The second kappa shape index (κ2) is 4.93. The van der Waals surface area contributed by atoms with E-state index in [9.17, 15) is 4.79 Å². The number of amides is 1. The minimum atomic E-state index is -0.00464. The summed E-state index contributed by atoms with van der Waals surface area (Å²) in [6, 6.07) is 7.93. The summed E-state index contributed by atoms with van der Waals surface area (Å²) >= 11 is 3.28. The van der Waals surface area contributed by atoms with E-state index in [1.165, 1.54) is 16.9 Å². The Labute approximate surface area is 130 Å². The van der Waals surface area contributed by atoms with Crippen LogP contribution in [0.3, 0.4) is 0 Å². The van der Waals surface area contributed by atoms with Gasteiger partial charge in [-0.3, -0.25) is 4.79 Å². The summed E-state index contributed by atoms with van der Waals surface area (Å²) in [7, 11) is 0. The average Bonchev–Trinajstić information content (AvgIpc) is 3.09. The zero-order valence-electron chi connectivity index (χ0n) is 11.6. The van der Waals surface area contributed by atoms with Gasteiger partial charge >= 0.3 is 0 Å². The minimum absolute atomic E-state index is 0.00464. The molecule has 0 aliphatic heterocycles. The summed E-state index contributed by atoms with van der Waals surface area (Å²) in [5.41, 5.74) is 3.19. The highest BCUT2D eigenvalue weighted by Gasteiger charge is 2.18. The first-order valence-corrected chi connectivity index (χ1v) is 8.62. The van der Waals surface area contributed by atoms with Gasteiger partial charge in [0.25, 0.3) is 5.91 Å². The molecule has 1 aliphatic rings. The van der Waals surface area contributed by atoms with E-state index in [1.54, 1.807) is 22.7 Å². The zero-order chi connectivity index (χ0) is 14.4. The SMILES string of the molecule is Cc1nc2ccc(NC(=O)c3cc4c(s3)CCC4)cc2s1. The Kier molecular flexibility index (Phi) is 3.05. The maximum absolute atomic E-state index is 12.3. The number of thiophene rings is 1. The molecule has 0 fully saturated rings. The van der Waals surface area contributed by atoms with Crippen molar-refractivity contribution >= 4 is 44.5 Å². The number of anilines is 1. The van der Waals surface area contributed by atoms with Gasteiger partial charge in [-0.1, -0.05) is 0 Å². The summed E-state index contributed by atoms with van der Waals surface area (Å²) in [5, 5.41) is 4.04. The first-order valence-electron chi connectivity index (χ1n) is 6.99. The van der Waals surface area contributed by atoms with E-state index >= 15 is 0 Å². The average molecular weight is 314 g/mol. The zero-order valence-corrected chi connectivity index (χ0v) is 13.2. The Bertz CT molecular complexity index is 826. The first kappa shape index (κ1) is 13.0. The lowest BCUT2D eigenvalue weighted by atomic mass is 10.2. The van der Waals surface area contributed by atoms with Gasteiger partial charge in [0.05, 0.1) is 20.1 Å². The van der Waals surface area contributed by atoms with Gasteiger partial charge in [0.1, 0.15) is 0 Å². The van der Waals surface area contributed by atoms with E-state index in [1.807, 2.05) is 25.1 Å². The molecule has 0 atom stereocenters. The molecule has 3 nitrogen and oxygen atoms in total. The highest BCUT2D eigenvalue weighted by molar-refractivity contribution is 7.18. The van der Waals surface area contributed by atoms with Crippen molar-refractivity contribution in [3.63, 3.8) is 0 Å². The fourth-order valence-corrected chi connectivity index (χ4v) is 4.77. The third kappa shape index (κ3) is 2.36. The van der Waals surface area contributed by atoms with Crippen LogP contribution < -0.4 is 5.32 Å². The molecule has 21 heavy (non-hydrogen) atoms. The molecule has 1 N–H and O–H groups in total. The predicted molar refractivity (Wildman–Crippen MR) is 88.7 cm³/mol. The van der Waals surface area contributed by atoms with Gasteiger partial charge in [-0.25, -0.2) is 4.98 Å². The van der Waals surface area contributed by atoms with Crippen molar-refractivity contribution in [3.05, 3.63) is 44.6 Å². The van der Waals surface area contributed by atoms with E-state index in [2.05, 4.69) is 16.4 Å². The number of hydrogen-bond acceptors (Lipinski definition) is 4. The smallest absolute Gasteiger partial charge is 0.265 e. The lowest BCUT2D eigenvalue weighted by Crippen LogP contribution is -2.10. The van der Waals surface area contributed by atoms with E-state index in [0.717, 1.165) is 38.6 Å². The van der Waals surface area contributed by atoms with Crippen LogP contribution in [0.2, 0.25) is 0 Å². The van der Waals surface area contributed by atoms with Crippen molar-refractivity contribution in [2.45, 2.75) is 26.2 Å². The van der Waals surface area contributed by atoms with E-state index in [0.29, 0.717) is 0 Å². The van der Waals surface area contributed by atoms with Gasteiger partial charge < -0.3 is 5.32 Å². The first-order chi connectivity index (χ1) is 10.2. The van der Waals surface area contributed by atoms with Crippen LogP contribution in [0.1, 0.15) is 31.5 Å². The van der Waals surface area contributed by atoms with E-state index in [4.69, 9.17) is 0 Å². The summed E-state index contributed by atoms with van der Waals surface area (Å²) in [4.78, 5) is 19.0. The topological polar surface area (TPSA) is 42.0 Å². The quantitative estimate of drug-likeness (QED) is 0.761. The molecule has 0 spiro atoms. The normalized spacial score (nSPS) is 13.6. The van der Waals surface area contributed by atoms with Crippen LogP contribution in [0, 0.1) is 6.92 Å². The van der Waals surface area contributed by atoms with E-state index in [-0.39, 0.29) is 5.91 Å². The van der Waals surface area contributed by atoms with Crippen molar-refractivity contribution < 1.29 is 4.79 Å². The number of fused-ring (bicyclic) bond motifs is 2. The molecule has 0 saturated carbocycles. The molecule has 1 aliphatic carbocycles. The highest BCUT2D eigenvalue weighted by atomic mass is 32.1. The number of carbonyl (C=O) groups excluding carboxylic acids is 1. The highest BCUT2D eigenvalue weighted by Crippen LogP contribution is 2.31. The predicted octanol–water partition coefficient (Wildman–Crippen LogP) is 4.41. The molecule has 1 amide bonds. The summed E-state index contributed by atoms with van der Waals surface area (Å²) in [6.45, 7) is 2.00.